The van der Waals surface area contributed by atoms with E-state index in [1.165, 1.54) is 0 Å². The highest BCUT2D eigenvalue weighted by molar-refractivity contribution is 6.06. The summed E-state index contributed by atoms with van der Waals surface area (Å²) >= 11 is 0. The quantitative estimate of drug-likeness (QED) is 0.766. The van der Waals surface area contributed by atoms with Gasteiger partial charge in [0.25, 0.3) is 11.6 Å². The second-order valence-corrected chi connectivity index (χ2v) is 6.24. The molecule has 0 unspecified atom stereocenters. The molecule has 0 spiro atoms. The van der Waals surface area contributed by atoms with Crippen molar-refractivity contribution in [3.63, 3.8) is 0 Å². The van der Waals surface area contributed by atoms with E-state index in [0.717, 1.165) is 30.2 Å². The van der Waals surface area contributed by atoms with Gasteiger partial charge in [-0.15, -0.1) is 10.2 Å². The first kappa shape index (κ1) is 14.8. The van der Waals surface area contributed by atoms with Crippen molar-refractivity contribution in [2.75, 3.05) is 0 Å². The average Bonchev–Trinajstić information content (AvgIpc) is 3.10. The predicted octanol–water partition coefficient (Wildman–Crippen LogP) is 1.48. The number of nitrogens with zero attached hydrogens (tertiary/aromatic N) is 5. The Morgan fingerprint density at radius 2 is 2.17 bits per heavy atom. The molecule has 1 aliphatic rings. The van der Waals surface area contributed by atoms with E-state index >= 15 is 0 Å². The van der Waals surface area contributed by atoms with Crippen molar-refractivity contribution in [3.8, 4) is 0 Å². The number of aryl methyl sites for hydroxylation is 4. The molecule has 0 aromatic carbocycles. The van der Waals surface area contributed by atoms with Gasteiger partial charge in [-0.1, -0.05) is 5.16 Å². The van der Waals surface area contributed by atoms with Crippen LogP contribution in [0.1, 0.15) is 39.8 Å². The van der Waals surface area contributed by atoms with Crippen molar-refractivity contribution in [3.05, 3.63) is 34.7 Å². The average molecular weight is 326 g/mol. The van der Waals surface area contributed by atoms with Gasteiger partial charge >= 0.3 is 0 Å². The van der Waals surface area contributed by atoms with Crippen molar-refractivity contribution in [2.45, 2.75) is 46.2 Å². The van der Waals surface area contributed by atoms with Crippen molar-refractivity contribution in [2.24, 2.45) is 0 Å². The van der Waals surface area contributed by atoms with Gasteiger partial charge in [0.2, 0.25) is 0 Å². The lowest BCUT2D eigenvalue weighted by atomic mass is 10.0. The van der Waals surface area contributed by atoms with Crippen LogP contribution in [0.2, 0.25) is 0 Å². The molecule has 1 N–H and O–H groups in total. The summed E-state index contributed by atoms with van der Waals surface area (Å²) in [6, 6.07) is 1.82. The lowest BCUT2D eigenvalue weighted by Gasteiger charge is -2.25. The van der Waals surface area contributed by atoms with Crippen LogP contribution in [0.3, 0.4) is 0 Å². The summed E-state index contributed by atoms with van der Waals surface area (Å²) in [4.78, 5) is 17.1. The van der Waals surface area contributed by atoms with Crippen LogP contribution in [0.5, 0.6) is 0 Å². The fraction of sp³-hybridized carbons (Fsp3) is 0.438. The molecule has 124 valence electrons. The number of fused-ring (bicyclic) bond motifs is 2. The highest BCUT2D eigenvalue weighted by Crippen LogP contribution is 2.22. The Morgan fingerprint density at radius 3 is 3.00 bits per heavy atom. The molecule has 0 aliphatic carbocycles. The van der Waals surface area contributed by atoms with Gasteiger partial charge in [-0.3, -0.25) is 4.79 Å². The maximum atomic E-state index is 12.8. The summed E-state index contributed by atoms with van der Waals surface area (Å²) in [5.41, 5.74) is 2.35. The smallest absolute Gasteiger partial charge is 0.258 e. The Labute approximate surface area is 138 Å². The molecule has 4 heterocycles. The molecule has 3 aromatic heterocycles. The second-order valence-electron chi connectivity index (χ2n) is 6.24. The van der Waals surface area contributed by atoms with Crippen LogP contribution in [-0.2, 0) is 13.0 Å². The van der Waals surface area contributed by atoms with Crippen molar-refractivity contribution in [1.29, 1.82) is 0 Å². The third-order valence-corrected chi connectivity index (χ3v) is 4.46. The first-order valence-electron chi connectivity index (χ1n) is 7.96. The van der Waals surface area contributed by atoms with E-state index in [1.54, 1.807) is 6.07 Å². The molecule has 3 aromatic rings. The van der Waals surface area contributed by atoms with E-state index < -0.39 is 0 Å². The summed E-state index contributed by atoms with van der Waals surface area (Å²) < 4.78 is 7.26. The third kappa shape index (κ3) is 2.34. The molecular weight excluding hydrogens is 308 g/mol. The summed E-state index contributed by atoms with van der Waals surface area (Å²) in [6.45, 7) is 6.27. The highest BCUT2D eigenvalue weighted by atomic mass is 16.5. The van der Waals surface area contributed by atoms with Gasteiger partial charge in [-0.05, 0) is 33.3 Å². The molecule has 24 heavy (non-hydrogen) atoms. The first-order valence-corrected chi connectivity index (χ1v) is 7.96. The van der Waals surface area contributed by atoms with Crippen LogP contribution >= 0.6 is 0 Å². The normalized spacial score (nSPS) is 17.0. The molecule has 0 bridgehead atoms. The van der Waals surface area contributed by atoms with Crippen LogP contribution in [0, 0.1) is 20.8 Å². The monoisotopic (exact) mass is 326 g/mol. The molecule has 8 heteroatoms. The minimum atomic E-state index is -0.129. The predicted molar refractivity (Wildman–Crippen MR) is 85.6 cm³/mol. The van der Waals surface area contributed by atoms with Crippen molar-refractivity contribution in [1.82, 2.24) is 30.2 Å². The molecule has 1 aliphatic heterocycles. The molecule has 0 saturated heterocycles. The number of nitrogens with one attached hydrogen (secondary N) is 1. The van der Waals surface area contributed by atoms with Gasteiger partial charge in [0.1, 0.15) is 11.6 Å². The Morgan fingerprint density at radius 1 is 1.33 bits per heavy atom. The Hall–Kier alpha value is -2.77. The van der Waals surface area contributed by atoms with Gasteiger partial charge in [-0.25, -0.2) is 4.98 Å². The molecule has 4 rings (SSSR count). The minimum absolute atomic E-state index is 0.0448. The van der Waals surface area contributed by atoms with Crippen molar-refractivity contribution < 1.29 is 9.32 Å². The Balaban J connectivity index is 1.62. The number of carbonyl (C=O) groups is 1. The topological polar surface area (TPSA) is 98.7 Å². The molecule has 1 atom stereocenters. The Kier molecular flexibility index (Phi) is 3.33. The number of carbonyl (C=O) groups excluding carboxylic acids is 1. The maximum Gasteiger partial charge on any atom is 0.258 e. The summed E-state index contributed by atoms with van der Waals surface area (Å²) in [5.74, 6) is 1.73. The third-order valence-electron chi connectivity index (χ3n) is 4.46. The largest absolute Gasteiger partial charge is 0.347 e. The van der Waals surface area contributed by atoms with Crippen LogP contribution in [0.25, 0.3) is 11.1 Å². The zero-order valence-corrected chi connectivity index (χ0v) is 13.8. The number of pyridine rings is 1. The fourth-order valence-electron chi connectivity index (χ4n) is 3.24. The molecule has 0 fully saturated rings. The van der Waals surface area contributed by atoms with Gasteiger partial charge in [-0.2, -0.15) is 0 Å². The van der Waals surface area contributed by atoms with Crippen molar-refractivity contribution >= 4 is 17.0 Å². The maximum absolute atomic E-state index is 12.8. The summed E-state index contributed by atoms with van der Waals surface area (Å²) in [5, 5.41) is 16.0. The summed E-state index contributed by atoms with van der Waals surface area (Å²) in [6.07, 6.45) is 1.66. The number of rotatable bonds is 2. The van der Waals surface area contributed by atoms with E-state index in [-0.39, 0.29) is 11.9 Å². The minimum Gasteiger partial charge on any atom is -0.347 e. The molecule has 1 amide bonds. The zero-order valence-electron chi connectivity index (χ0n) is 13.8. The molecule has 8 nitrogen and oxygen atoms in total. The van der Waals surface area contributed by atoms with Gasteiger partial charge in [0, 0.05) is 24.7 Å². The summed E-state index contributed by atoms with van der Waals surface area (Å²) in [7, 11) is 0. The Bertz CT molecular complexity index is 942. The number of hydrogen-bond donors (Lipinski definition) is 1. The van der Waals surface area contributed by atoms with E-state index in [2.05, 4.69) is 30.2 Å². The molecule has 0 radical (unpaired) electrons. The fourth-order valence-corrected chi connectivity index (χ4v) is 3.24. The van der Waals surface area contributed by atoms with Crippen LogP contribution in [0.15, 0.2) is 10.6 Å². The SMILES string of the molecule is Cc1cc(C(=O)N[C@H]2CCc3nnc(C)n3C2)c2c(C)noc2n1. The van der Waals surface area contributed by atoms with E-state index in [1.807, 2.05) is 20.8 Å². The van der Waals surface area contributed by atoms with Crippen LogP contribution < -0.4 is 5.32 Å². The zero-order chi connectivity index (χ0) is 16.8. The lowest BCUT2D eigenvalue weighted by Crippen LogP contribution is -2.41. The number of amides is 1. The van der Waals surface area contributed by atoms with Crippen LogP contribution in [0.4, 0.5) is 0 Å². The van der Waals surface area contributed by atoms with E-state index in [0.29, 0.717) is 28.9 Å². The van der Waals surface area contributed by atoms with E-state index in [9.17, 15) is 4.79 Å². The number of aromatic nitrogens is 5. The van der Waals surface area contributed by atoms with Gasteiger partial charge in [0.15, 0.2) is 0 Å². The highest BCUT2D eigenvalue weighted by Gasteiger charge is 2.25. The lowest BCUT2D eigenvalue weighted by molar-refractivity contribution is 0.0928. The molecule has 0 saturated carbocycles. The molecular formula is C16H18N6O2. The second kappa shape index (κ2) is 5.40. The standard InChI is InChI=1S/C16H18N6O2/c1-8-6-12(14-9(2)21-24-16(14)17-8)15(23)18-11-4-5-13-20-19-10(3)22(13)7-11/h6,11H,4-5,7H2,1-3H3,(H,18,23)/t11-/m0/s1. The van der Waals surface area contributed by atoms with E-state index in [4.69, 9.17) is 4.52 Å². The van der Waals surface area contributed by atoms with Gasteiger partial charge < -0.3 is 14.4 Å². The van der Waals surface area contributed by atoms with Gasteiger partial charge in [0.05, 0.1) is 16.6 Å². The number of hydrogen-bond acceptors (Lipinski definition) is 6. The van der Waals surface area contributed by atoms with Crippen LogP contribution in [-0.4, -0.2) is 36.9 Å². The first-order chi connectivity index (χ1) is 11.5.